The smallest absolute Gasteiger partial charge is 0.244 e. The zero-order valence-corrected chi connectivity index (χ0v) is 22.2. The van der Waals surface area contributed by atoms with Gasteiger partial charge < -0.3 is 10.2 Å². The van der Waals surface area contributed by atoms with Crippen molar-refractivity contribution in [3.05, 3.63) is 64.2 Å². The summed E-state index contributed by atoms with van der Waals surface area (Å²) < 4.78 is 26.5. The number of hydrogen-bond acceptors (Lipinski definition) is 4. The van der Waals surface area contributed by atoms with Gasteiger partial charge in [-0.1, -0.05) is 54.4 Å². The first-order valence-electron chi connectivity index (χ1n) is 11.2. The van der Waals surface area contributed by atoms with E-state index in [4.69, 9.17) is 11.6 Å². The number of amides is 2. The topological polar surface area (TPSA) is 86.8 Å². The lowest BCUT2D eigenvalue weighted by atomic mass is 10.1. The Bertz CT molecular complexity index is 1130. The average molecular weight is 508 g/mol. The van der Waals surface area contributed by atoms with E-state index in [1.54, 1.807) is 25.1 Å². The van der Waals surface area contributed by atoms with Crippen molar-refractivity contribution in [3.63, 3.8) is 0 Å². The van der Waals surface area contributed by atoms with E-state index in [1.165, 1.54) is 4.90 Å². The van der Waals surface area contributed by atoms with E-state index in [2.05, 4.69) is 5.32 Å². The molecule has 0 fully saturated rings. The van der Waals surface area contributed by atoms with Gasteiger partial charge in [0.2, 0.25) is 21.8 Å². The molecule has 0 saturated carbocycles. The maximum absolute atomic E-state index is 13.7. The maximum atomic E-state index is 13.7. The molecule has 2 aromatic carbocycles. The third kappa shape index (κ3) is 7.21. The van der Waals surface area contributed by atoms with Crippen LogP contribution in [0.15, 0.2) is 42.5 Å². The molecule has 0 bridgehead atoms. The molecule has 7 nitrogen and oxygen atoms in total. The zero-order valence-electron chi connectivity index (χ0n) is 20.6. The number of aryl methyl sites for hydroxylation is 1. The van der Waals surface area contributed by atoms with E-state index < -0.39 is 28.5 Å². The van der Waals surface area contributed by atoms with Crippen molar-refractivity contribution >= 4 is 39.1 Å². The Hall–Kier alpha value is -2.58. The van der Waals surface area contributed by atoms with Crippen LogP contribution in [-0.2, 0) is 26.2 Å². The normalized spacial score (nSPS) is 12.4. The van der Waals surface area contributed by atoms with Crippen molar-refractivity contribution in [2.24, 2.45) is 0 Å². The van der Waals surface area contributed by atoms with Crippen LogP contribution < -0.4 is 9.62 Å². The van der Waals surface area contributed by atoms with Crippen LogP contribution in [0, 0.1) is 13.8 Å². The monoisotopic (exact) mass is 507 g/mol. The van der Waals surface area contributed by atoms with Gasteiger partial charge in [0.1, 0.15) is 12.6 Å². The summed E-state index contributed by atoms with van der Waals surface area (Å²) in [6, 6.07) is 11.7. The van der Waals surface area contributed by atoms with E-state index in [9.17, 15) is 18.0 Å². The number of nitrogens with one attached hydrogen (secondary N) is 1. The second-order valence-electron chi connectivity index (χ2n) is 8.75. The minimum Gasteiger partial charge on any atom is -0.352 e. The fourth-order valence-electron chi connectivity index (χ4n) is 3.77. The third-order valence-electron chi connectivity index (χ3n) is 5.44. The van der Waals surface area contributed by atoms with Crippen molar-refractivity contribution < 1.29 is 18.0 Å². The first-order chi connectivity index (χ1) is 15.8. The molecule has 0 radical (unpaired) electrons. The molecule has 2 amide bonds. The summed E-state index contributed by atoms with van der Waals surface area (Å²) in [5, 5.41) is 3.28. The van der Waals surface area contributed by atoms with E-state index in [-0.39, 0.29) is 18.5 Å². The van der Waals surface area contributed by atoms with Crippen molar-refractivity contribution in [3.8, 4) is 0 Å². The molecule has 0 aliphatic rings. The maximum Gasteiger partial charge on any atom is 0.244 e. The molecular formula is C25H34ClN3O4S. The van der Waals surface area contributed by atoms with E-state index in [1.807, 2.05) is 52.0 Å². The highest BCUT2D eigenvalue weighted by atomic mass is 35.5. The van der Waals surface area contributed by atoms with Gasteiger partial charge in [0.25, 0.3) is 0 Å². The minimum absolute atomic E-state index is 0.0981. The van der Waals surface area contributed by atoms with Crippen LogP contribution in [0.3, 0.4) is 0 Å². The second kappa shape index (κ2) is 11.7. The molecule has 0 heterocycles. The number of nitrogens with zero attached hydrogens (tertiary/aromatic N) is 2. The largest absolute Gasteiger partial charge is 0.352 e. The van der Waals surface area contributed by atoms with Gasteiger partial charge in [-0.2, -0.15) is 0 Å². The number of carbonyl (C=O) groups is 2. The number of carbonyl (C=O) groups excluding carboxylic acids is 2. The van der Waals surface area contributed by atoms with Crippen molar-refractivity contribution in [2.45, 2.75) is 59.7 Å². The van der Waals surface area contributed by atoms with Gasteiger partial charge in [-0.15, -0.1) is 0 Å². The summed E-state index contributed by atoms with van der Waals surface area (Å²) in [5.41, 5.74) is 2.77. The van der Waals surface area contributed by atoms with E-state index in [0.29, 0.717) is 22.7 Å². The molecule has 2 rings (SSSR count). The SMILES string of the molecule is CC[C@@H](C(=O)NC(C)C)N(Cc1cccc(C)c1)C(=O)CN(c1cccc(Cl)c1C)S(C)(=O)=O. The first-order valence-corrected chi connectivity index (χ1v) is 13.5. The number of benzene rings is 2. The van der Waals surface area contributed by atoms with Gasteiger partial charge in [0.15, 0.2) is 0 Å². The molecule has 0 saturated heterocycles. The molecule has 2 aromatic rings. The van der Waals surface area contributed by atoms with Gasteiger partial charge in [0.05, 0.1) is 11.9 Å². The van der Waals surface area contributed by atoms with Crippen LogP contribution in [0.1, 0.15) is 43.9 Å². The van der Waals surface area contributed by atoms with Crippen LogP contribution >= 0.6 is 11.6 Å². The van der Waals surface area contributed by atoms with E-state index in [0.717, 1.165) is 21.7 Å². The summed E-state index contributed by atoms with van der Waals surface area (Å²) in [4.78, 5) is 28.1. The molecule has 1 N–H and O–H groups in total. The molecule has 186 valence electrons. The Balaban J connectivity index is 2.49. The number of hydrogen-bond donors (Lipinski definition) is 1. The van der Waals surface area contributed by atoms with Crippen LogP contribution in [0.25, 0.3) is 0 Å². The lowest BCUT2D eigenvalue weighted by Crippen LogP contribution is -2.53. The van der Waals surface area contributed by atoms with Gasteiger partial charge in [-0.3, -0.25) is 13.9 Å². The van der Waals surface area contributed by atoms with E-state index >= 15 is 0 Å². The molecule has 0 spiro atoms. The Morgan fingerprint density at radius 2 is 1.74 bits per heavy atom. The molecule has 34 heavy (non-hydrogen) atoms. The molecule has 0 aliphatic heterocycles. The van der Waals surface area contributed by atoms with Gasteiger partial charge in [0, 0.05) is 17.6 Å². The van der Waals surface area contributed by atoms with Crippen LogP contribution in [-0.4, -0.2) is 50.0 Å². The average Bonchev–Trinajstić information content (AvgIpc) is 2.72. The molecular weight excluding hydrogens is 474 g/mol. The van der Waals surface area contributed by atoms with Crippen LogP contribution in [0.4, 0.5) is 5.69 Å². The number of sulfonamides is 1. The van der Waals surface area contributed by atoms with Crippen LogP contribution in [0.2, 0.25) is 5.02 Å². The summed E-state index contributed by atoms with van der Waals surface area (Å²) >= 11 is 6.22. The predicted octanol–water partition coefficient (Wildman–Crippen LogP) is 4.05. The number of rotatable bonds is 10. The molecule has 1 atom stereocenters. The Morgan fingerprint density at radius 1 is 1.09 bits per heavy atom. The van der Waals surface area contributed by atoms with Gasteiger partial charge in [-0.05, 0) is 57.4 Å². The standard InChI is InChI=1S/C25H34ClN3O4S/c1-7-22(25(31)27-17(2)3)28(15-20-11-8-10-18(4)14-20)24(30)16-29(34(6,32)33)23-13-9-12-21(26)19(23)5/h8-14,17,22H,7,15-16H2,1-6H3,(H,27,31)/t22-/m0/s1. The van der Waals surface area contributed by atoms with Crippen molar-refractivity contribution in [1.29, 1.82) is 0 Å². The minimum atomic E-state index is -3.81. The van der Waals surface area contributed by atoms with Crippen molar-refractivity contribution in [2.75, 3.05) is 17.1 Å². The zero-order chi connectivity index (χ0) is 25.6. The van der Waals surface area contributed by atoms with Crippen molar-refractivity contribution in [1.82, 2.24) is 10.2 Å². The summed E-state index contributed by atoms with van der Waals surface area (Å²) in [5.74, 6) is -0.750. The fourth-order valence-corrected chi connectivity index (χ4v) is 4.84. The summed E-state index contributed by atoms with van der Waals surface area (Å²) in [6.45, 7) is 8.92. The quantitative estimate of drug-likeness (QED) is 0.525. The molecule has 9 heteroatoms. The molecule has 0 unspecified atom stereocenters. The Kier molecular flexibility index (Phi) is 9.53. The molecule has 0 aromatic heterocycles. The lowest BCUT2D eigenvalue weighted by Gasteiger charge is -2.33. The second-order valence-corrected chi connectivity index (χ2v) is 11.1. The summed E-state index contributed by atoms with van der Waals surface area (Å²) in [6.07, 6.45) is 1.43. The van der Waals surface area contributed by atoms with Crippen LogP contribution in [0.5, 0.6) is 0 Å². The van der Waals surface area contributed by atoms with Gasteiger partial charge in [-0.25, -0.2) is 8.42 Å². The fraction of sp³-hybridized carbons (Fsp3) is 0.440. The third-order valence-corrected chi connectivity index (χ3v) is 6.98. The number of halogens is 1. The predicted molar refractivity (Wildman–Crippen MR) is 137 cm³/mol. The lowest BCUT2D eigenvalue weighted by molar-refractivity contribution is -0.140. The molecule has 0 aliphatic carbocycles. The highest BCUT2D eigenvalue weighted by molar-refractivity contribution is 7.92. The van der Waals surface area contributed by atoms with Gasteiger partial charge >= 0.3 is 0 Å². The summed E-state index contributed by atoms with van der Waals surface area (Å²) in [7, 11) is -3.81. The highest BCUT2D eigenvalue weighted by Gasteiger charge is 2.32. The Morgan fingerprint density at radius 3 is 2.29 bits per heavy atom. The number of anilines is 1. The highest BCUT2D eigenvalue weighted by Crippen LogP contribution is 2.28. The first kappa shape index (κ1) is 27.7. The Labute approximate surface area is 208 Å².